The van der Waals surface area contributed by atoms with Gasteiger partial charge in [0.1, 0.15) is 23.9 Å². The van der Waals surface area contributed by atoms with Crippen LogP contribution in [-0.2, 0) is 23.8 Å². The molecule has 0 radical (unpaired) electrons. The zero-order valence-electron chi connectivity index (χ0n) is 20.1. The summed E-state index contributed by atoms with van der Waals surface area (Å²) < 4.78 is 17.6. The summed E-state index contributed by atoms with van der Waals surface area (Å²) in [5, 5.41) is 22.6. The summed E-state index contributed by atoms with van der Waals surface area (Å²) >= 11 is 0. The monoisotopic (exact) mass is 460 g/mol. The summed E-state index contributed by atoms with van der Waals surface area (Å²) in [6.07, 6.45) is 1.01. The van der Waals surface area contributed by atoms with E-state index in [0.29, 0.717) is 0 Å². The minimum Gasteiger partial charge on any atom is -0.460 e. The van der Waals surface area contributed by atoms with Gasteiger partial charge in [-0.25, -0.2) is 4.79 Å². The van der Waals surface area contributed by atoms with Crippen molar-refractivity contribution in [1.29, 1.82) is 0 Å². The number of esters is 2. The van der Waals surface area contributed by atoms with E-state index in [1.54, 1.807) is 19.9 Å². The second-order valence-corrected chi connectivity index (χ2v) is 10.1. The van der Waals surface area contributed by atoms with Crippen LogP contribution in [0.5, 0.6) is 0 Å². The van der Waals surface area contributed by atoms with Crippen molar-refractivity contribution < 1.29 is 34.0 Å². The molecule has 2 aliphatic rings. The van der Waals surface area contributed by atoms with Crippen LogP contribution in [0.15, 0.2) is 36.4 Å². The Morgan fingerprint density at radius 2 is 1.79 bits per heavy atom. The predicted molar refractivity (Wildman–Crippen MR) is 123 cm³/mol. The van der Waals surface area contributed by atoms with Crippen LogP contribution in [0.25, 0.3) is 6.08 Å². The van der Waals surface area contributed by atoms with Gasteiger partial charge in [0.15, 0.2) is 0 Å². The summed E-state index contributed by atoms with van der Waals surface area (Å²) in [5.74, 6) is -1.20. The van der Waals surface area contributed by atoms with Crippen molar-refractivity contribution in [3.05, 3.63) is 42.0 Å². The summed E-state index contributed by atoms with van der Waals surface area (Å²) in [6.45, 7) is 8.58. The molecule has 2 fully saturated rings. The number of hydrogen-bond acceptors (Lipinski definition) is 7. The number of rotatable bonds is 5. The van der Waals surface area contributed by atoms with Crippen molar-refractivity contribution in [3.63, 3.8) is 0 Å². The largest absolute Gasteiger partial charge is 0.460 e. The Balaban J connectivity index is 1.87. The van der Waals surface area contributed by atoms with Crippen LogP contribution < -0.4 is 0 Å². The van der Waals surface area contributed by atoms with Crippen LogP contribution in [0.3, 0.4) is 0 Å². The lowest BCUT2D eigenvalue weighted by Crippen LogP contribution is -2.51. The molecular formula is C26H36O7. The van der Waals surface area contributed by atoms with Crippen LogP contribution in [0.4, 0.5) is 0 Å². The molecule has 0 saturated carbocycles. The van der Waals surface area contributed by atoms with E-state index in [2.05, 4.69) is 0 Å². The van der Waals surface area contributed by atoms with Gasteiger partial charge in [-0.05, 0) is 44.2 Å². The van der Waals surface area contributed by atoms with Crippen molar-refractivity contribution in [2.75, 3.05) is 0 Å². The molecule has 0 spiro atoms. The standard InChI is InChI=1S/C26H36O7/c1-16(2)22-19-15-26(5,30)20(31-17(3)27)13-14-25(4,29)24(32-19)23(22)33-21(28)12-11-18-9-7-6-8-10-18/h6-12,16,19-20,22-24,29-30H,13-15H2,1-5H3. The van der Waals surface area contributed by atoms with E-state index in [-0.39, 0.29) is 31.1 Å². The van der Waals surface area contributed by atoms with E-state index >= 15 is 0 Å². The average Bonchev–Trinajstić information content (AvgIpc) is 3.08. The van der Waals surface area contributed by atoms with Gasteiger partial charge in [0.05, 0.1) is 11.7 Å². The van der Waals surface area contributed by atoms with Gasteiger partial charge >= 0.3 is 11.9 Å². The third kappa shape index (κ3) is 6.02. The fourth-order valence-corrected chi connectivity index (χ4v) is 5.11. The third-order valence-electron chi connectivity index (χ3n) is 6.80. The molecule has 2 aliphatic heterocycles. The van der Waals surface area contributed by atoms with Crippen molar-refractivity contribution in [2.24, 2.45) is 11.8 Å². The van der Waals surface area contributed by atoms with Crippen LogP contribution in [-0.4, -0.2) is 57.8 Å². The first-order valence-electron chi connectivity index (χ1n) is 11.6. The van der Waals surface area contributed by atoms with Crippen molar-refractivity contribution in [3.8, 4) is 0 Å². The smallest absolute Gasteiger partial charge is 0.331 e. The second-order valence-electron chi connectivity index (χ2n) is 10.1. The summed E-state index contributed by atoms with van der Waals surface area (Å²) in [4.78, 5) is 24.4. The van der Waals surface area contributed by atoms with Crippen molar-refractivity contribution in [2.45, 2.75) is 89.5 Å². The number of aliphatic hydroxyl groups is 2. The Kier molecular flexibility index (Phi) is 7.66. The topological polar surface area (TPSA) is 102 Å². The molecule has 0 amide bonds. The van der Waals surface area contributed by atoms with Crippen LogP contribution in [0.1, 0.15) is 59.4 Å². The molecule has 2 heterocycles. The van der Waals surface area contributed by atoms with E-state index in [4.69, 9.17) is 14.2 Å². The highest BCUT2D eigenvalue weighted by Crippen LogP contribution is 2.45. The number of ether oxygens (including phenoxy) is 3. The molecule has 2 N–H and O–H groups in total. The molecule has 33 heavy (non-hydrogen) atoms. The fourth-order valence-electron chi connectivity index (χ4n) is 5.11. The summed E-state index contributed by atoms with van der Waals surface area (Å²) in [6, 6.07) is 9.44. The molecule has 7 heteroatoms. The van der Waals surface area contributed by atoms with E-state index in [9.17, 15) is 19.8 Å². The Hall–Kier alpha value is -2.22. The lowest BCUT2D eigenvalue weighted by Gasteiger charge is -2.38. The lowest BCUT2D eigenvalue weighted by molar-refractivity contribution is -0.167. The second kappa shape index (κ2) is 9.95. The van der Waals surface area contributed by atoms with Crippen LogP contribution in [0.2, 0.25) is 0 Å². The highest BCUT2D eigenvalue weighted by Gasteiger charge is 2.57. The first-order valence-corrected chi connectivity index (χ1v) is 11.6. The van der Waals surface area contributed by atoms with Gasteiger partial charge in [-0.1, -0.05) is 44.2 Å². The van der Waals surface area contributed by atoms with E-state index in [1.165, 1.54) is 13.0 Å². The third-order valence-corrected chi connectivity index (χ3v) is 6.80. The van der Waals surface area contributed by atoms with Crippen LogP contribution in [0, 0.1) is 11.8 Å². The molecule has 3 rings (SSSR count). The SMILES string of the molecule is CC(=O)OC1CCC(C)(O)C2OC(CC1(C)O)C(C(C)C)C2OC(=O)C=Cc1ccccc1. The molecule has 7 nitrogen and oxygen atoms in total. The zero-order valence-corrected chi connectivity index (χ0v) is 20.1. The van der Waals surface area contributed by atoms with Gasteiger partial charge in [-0.2, -0.15) is 0 Å². The number of benzene rings is 1. The average molecular weight is 461 g/mol. The Bertz CT molecular complexity index is 859. The molecule has 7 unspecified atom stereocenters. The highest BCUT2D eigenvalue weighted by atomic mass is 16.6. The first-order chi connectivity index (χ1) is 15.4. The minimum absolute atomic E-state index is 0.0501. The minimum atomic E-state index is -1.36. The zero-order chi connectivity index (χ0) is 24.4. The molecule has 1 aromatic rings. The maximum Gasteiger partial charge on any atom is 0.331 e. The Labute approximate surface area is 195 Å². The number of hydrogen-bond donors (Lipinski definition) is 2. The van der Waals surface area contributed by atoms with Gasteiger partial charge in [0, 0.05) is 25.3 Å². The van der Waals surface area contributed by atoms with Crippen LogP contribution >= 0.6 is 0 Å². The number of carbonyl (C=O) groups is 2. The van der Waals surface area contributed by atoms with Gasteiger partial charge in [-0.3, -0.25) is 4.79 Å². The van der Waals surface area contributed by atoms with E-state index < -0.39 is 47.6 Å². The van der Waals surface area contributed by atoms with Crippen molar-refractivity contribution in [1.82, 2.24) is 0 Å². The molecule has 2 bridgehead atoms. The normalized spacial score (nSPS) is 36.8. The molecule has 2 saturated heterocycles. The quantitative estimate of drug-likeness (QED) is 0.514. The first kappa shape index (κ1) is 25.4. The van der Waals surface area contributed by atoms with Gasteiger partial charge in [0.2, 0.25) is 0 Å². The van der Waals surface area contributed by atoms with E-state index in [0.717, 1.165) is 5.56 Å². The molecule has 1 aromatic carbocycles. The Morgan fingerprint density at radius 1 is 1.12 bits per heavy atom. The molecule has 0 aromatic heterocycles. The molecule has 182 valence electrons. The van der Waals surface area contributed by atoms with Gasteiger partial charge in [0.25, 0.3) is 0 Å². The fraction of sp³-hybridized carbons (Fsp3) is 0.615. The Morgan fingerprint density at radius 3 is 2.39 bits per heavy atom. The van der Waals surface area contributed by atoms with E-state index in [1.807, 2.05) is 44.2 Å². The number of fused-ring (bicyclic) bond motifs is 2. The maximum absolute atomic E-state index is 12.7. The summed E-state index contributed by atoms with van der Waals surface area (Å²) in [7, 11) is 0. The van der Waals surface area contributed by atoms with Crippen molar-refractivity contribution >= 4 is 18.0 Å². The number of carbonyl (C=O) groups excluding carboxylic acids is 2. The lowest BCUT2D eigenvalue weighted by atomic mass is 9.75. The predicted octanol–water partition coefficient (Wildman–Crippen LogP) is 3.27. The van der Waals surface area contributed by atoms with Gasteiger partial charge < -0.3 is 24.4 Å². The molecule has 0 aliphatic carbocycles. The molecular weight excluding hydrogens is 424 g/mol. The summed E-state index contributed by atoms with van der Waals surface area (Å²) in [5.41, 5.74) is -1.84. The molecule has 7 atom stereocenters. The highest BCUT2D eigenvalue weighted by molar-refractivity contribution is 5.87. The maximum atomic E-state index is 12.7. The van der Waals surface area contributed by atoms with Gasteiger partial charge in [-0.15, -0.1) is 0 Å².